The number of nitrogens with zero attached hydrogens (tertiary/aromatic N) is 1. The van der Waals surface area contributed by atoms with Gasteiger partial charge < -0.3 is 9.15 Å². The van der Waals surface area contributed by atoms with Crippen molar-refractivity contribution >= 4 is 44.7 Å². The van der Waals surface area contributed by atoms with Gasteiger partial charge in [-0.1, -0.05) is 48.3 Å². The molecule has 1 aliphatic heterocycles. The van der Waals surface area contributed by atoms with Gasteiger partial charge in [-0.3, -0.25) is 14.5 Å². The van der Waals surface area contributed by atoms with E-state index in [9.17, 15) is 19.2 Å². The number of hydrogen-bond donors (Lipinski definition) is 0. The molecule has 0 radical (unpaired) electrons. The number of benzene rings is 2. The first kappa shape index (κ1) is 22.0. The monoisotopic (exact) mass is 497 g/mol. The molecule has 0 aliphatic carbocycles. The van der Waals surface area contributed by atoms with Gasteiger partial charge in [0, 0.05) is 21.5 Å². The van der Waals surface area contributed by atoms with Crippen molar-refractivity contribution in [3.8, 4) is 0 Å². The molecule has 32 heavy (non-hydrogen) atoms. The summed E-state index contributed by atoms with van der Waals surface area (Å²) < 4.78 is 11.5. The fourth-order valence-electron chi connectivity index (χ4n) is 3.83. The van der Waals surface area contributed by atoms with Gasteiger partial charge in [0.25, 0.3) is 11.8 Å². The van der Waals surface area contributed by atoms with Gasteiger partial charge in [-0.05, 0) is 36.2 Å². The Kier molecular flexibility index (Phi) is 5.97. The average Bonchev–Trinajstić information content (AvgIpc) is 3.02. The summed E-state index contributed by atoms with van der Waals surface area (Å²) in [6.07, 6.45) is 0.555. The van der Waals surface area contributed by atoms with Crippen molar-refractivity contribution in [3.63, 3.8) is 0 Å². The molecule has 2 aromatic carbocycles. The van der Waals surface area contributed by atoms with E-state index in [1.165, 1.54) is 6.07 Å². The fraction of sp³-hybridized carbons (Fsp3) is 0.250. The normalized spacial score (nSPS) is 15.0. The van der Waals surface area contributed by atoms with E-state index in [1.54, 1.807) is 49.4 Å². The lowest BCUT2D eigenvalue weighted by Crippen LogP contribution is -2.49. The predicted molar refractivity (Wildman–Crippen MR) is 120 cm³/mol. The van der Waals surface area contributed by atoms with Gasteiger partial charge in [-0.2, -0.15) is 0 Å². The third-order valence-corrected chi connectivity index (χ3v) is 6.18. The molecular weight excluding hydrogens is 478 g/mol. The summed E-state index contributed by atoms with van der Waals surface area (Å²) in [7, 11) is 0. The van der Waals surface area contributed by atoms with Crippen LogP contribution in [-0.4, -0.2) is 28.7 Å². The fourth-order valence-corrected chi connectivity index (χ4v) is 4.17. The van der Waals surface area contributed by atoms with E-state index in [-0.39, 0.29) is 23.7 Å². The SMILES string of the molecule is CC[C@H](C)[C@@H](C(=O)OCc1cc(=O)oc2cc(Br)ccc12)N1C(=O)c2ccccc2C1=O. The predicted octanol–water partition coefficient (Wildman–Crippen LogP) is 4.31. The highest BCUT2D eigenvalue weighted by Gasteiger charge is 2.45. The molecule has 0 saturated carbocycles. The van der Waals surface area contributed by atoms with Crippen LogP contribution in [0, 0.1) is 5.92 Å². The number of carbonyl (C=O) groups is 3. The van der Waals surface area contributed by atoms with E-state index in [1.807, 2.05) is 6.92 Å². The first-order chi connectivity index (χ1) is 15.3. The van der Waals surface area contributed by atoms with Crippen LogP contribution in [0.25, 0.3) is 11.0 Å². The summed E-state index contributed by atoms with van der Waals surface area (Å²) in [6, 6.07) is 11.9. The lowest BCUT2D eigenvalue weighted by molar-refractivity contribution is -0.151. The second-order valence-corrected chi connectivity index (χ2v) is 8.61. The van der Waals surface area contributed by atoms with Gasteiger partial charge in [0.15, 0.2) is 0 Å². The van der Waals surface area contributed by atoms with Crippen LogP contribution in [0.15, 0.2) is 62.2 Å². The minimum Gasteiger partial charge on any atom is -0.459 e. The average molecular weight is 498 g/mol. The Labute approximate surface area is 192 Å². The van der Waals surface area contributed by atoms with Gasteiger partial charge in [0.2, 0.25) is 0 Å². The van der Waals surface area contributed by atoms with Crippen molar-refractivity contribution in [2.75, 3.05) is 0 Å². The van der Waals surface area contributed by atoms with Crippen molar-refractivity contribution in [3.05, 3.63) is 80.1 Å². The highest BCUT2D eigenvalue weighted by molar-refractivity contribution is 9.10. The Morgan fingerprint density at radius 2 is 1.72 bits per heavy atom. The van der Waals surface area contributed by atoms with Crippen LogP contribution < -0.4 is 5.63 Å². The molecule has 0 fully saturated rings. The highest BCUT2D eigenvalue weighted by atomic mass is 79.9. The third-order valence-electron chi connectivity index (χ3n) is 5.69. The van der Waals surface area contributed by atoms with E-state index in [2.05, 4.69) is 15.9 Å². The number of halogens is 1. The van der Waals surface area contributed by atoms with Crippen molar-refractivity contribution in [2.45, 2.75) is 32.9 Å². The maximum atomic E-state index is 13.1. The van der Waals surface area contributed by atoms with Gasteiger partial charge in [0.1, 0.15) is 18.2 Å². The molecule has 2 atom stereocenters. The molecule has 0 unspecified atom stereocenters. The number of carbonyl (C=O) groups excluding carboxylic acids is 3. The molecule has 164 valence electrons. The summed E-state index contributed by atoms with van der Waals surface area (Å²) in [5.74, 6) is -2.04. The first-order valence-corrected chi connectivity index (χ1v) is 11.0. The summed E-state index contributed by atoms with van der Waals surface area (Å²) in [6.45, 7) is 3.47. The number of fused-ring (bicyclic) bond motifs is 2. The molecule has 2 amide bonds. The maximum absolute atomic E-state index is 13.1. The molecule has 7 nitrogen and oxygen atoms in total. The van der Waals surface area contributed by atoms with Crippen molar-refractivity contribution in [1.29, 1.82) is 0 Å². The van der Waals surface area contributed by atoms with Gasteiger partial charge in [0.05, 0.1) is 11.1 Å². The third kappa shape index (κ3) is 3.86. The zero-order chi connectivity index (χ0) is 23.0. The van der Waals surface area contributed by atoms with Crippen molar-refractivity contribution in [1.82, 2.24) is 4.90 Å². The topological polar surface area (TPSA) is 93.9 Å². The van der Waals surface area contributed by atoms with Gasteiger partial charge in [-0.15, -0.1) is 0 Å². The maximum Gasteiger partial charge on any atom is 0.336 e. The summed E-state index contributed by atoms with van der Waals surface area (Å²) in [4.78, 5) is 52.0. The number of ether oxygens (including phenoxy) is 1. The second-order valence-electron chi connectivity index (χ2n) is 7.70. The number of imide groups is 1. The second kappa shape index (κ2) is 8.70. The van der Waals surface area contributed by atoms with Crippen molar-refractivity contribution < 1.29 is 23.5 Å². The molecule has 2 heterocycles. The van der Waals surface area contributed by atoms with Crippen LogP contribution >= 0.6 is 15.9 Å². The molecule has 0 bridgehead atoms. The highest BCUT2D eigenvalue weighted by Crippen LogP contribution is 2.29. The zero-order valence-electron chi connectivity index (χ0n) is 17.5. The molecule has 0 saturated heterocycles. The Morgan fingerprint density at radius 1 is 1.06 bits per heavy atom. The largest absolute Gasteiger partial charge is 0.459 e. The molecule has 3 aromatic rings. The molecule has 4 rings (SSSR count). The number of esters is 1. The van der Waals surface area contributed by atoms with Gasteiger partial charge >= 0.3 is 11.6 Å². The van der Waals surface area contributed by atoms with Crippen LogP contribution in [0.5, 0.6) is 0 Å². The number of amides is 2. The van der Waals surface area contributed by atoms with Crippen LogP contribution in [0.1, 0.15) is 46.5 Å². The Hall–Kier alpha value is -3.26. The van der Waals surface area contributed by atoms with Gasteiger partial charge in [-0.25, -0.2) is 9.59 Å². The van der Waals surface area contributed by atoms with Crippen LogP contribution in [0.4, 0.5) is 0 Å². The van der Waals surface area contributed by atoms with Crippen molar-refractivity contribution in [2.24, 2.45) is 5.92 Å². The van der Waals surface area contributed by atoms with E-state index in [0.29, 0.717) is 23.0 Å². The first-order valence-electron chi connectivity index (χ1n) is 10.2. The standard InChI is InChI=1S/C24H20BrNO6/c1-3-13(2)21(26-22(28)17-6-4-5-7-18(17)23(26)29)24(30)31-12-14-10-20(27)32-19-11-15(25)8-9-16(14)19/h4-11,13,21H,3,12H2,1-2H3/t13-,21-/m0/s1. The minimum absolute atomic E-state index is 0.196. The lowest BCUT2D eigenvalue weighted by atomic mass is 9.97. The molecule has 0 spiro atoms. The number of rotatable bonds is 6. The molecule has 0 N–H and O–H groups in total. The summed E-state index contributed by atoms with van der Waals surface area (Å²) >= 11 is 3.33. The Morgan fingerprint density at radius 3 is 2.34 bits per heavy atom. The van der Waals surface area contributed by atoms with E-state index >= 15 is 0 Å². The van der Waals surface area contributed by atoms with E-state index in [0.717, 1.165) is 9.37 Å². The Balaban J connectivity index is 1.62. The lowest BCUT2D eigenvalue weighted by Gasteiger charge is -2.29. The quantitative estimate of drug-likeness (QED) is 0.286. The Bertz CT molecular complexity index is 1260. The molecule has 1 aromatic heterocycles. The van der Waals surface area contributed by atoms with E-state index < -0.39 is 29.5 Å². The summed E-state index contributed by atoms with van der Waals surface area (Å²) in [5, 5.41) is 0.626. The van der Waals surface area contributed by atoms with Crippen LogP contribution in [0.3, 0.4) is 0 Å². The smallest absolute Gasteiger partial charge is 0.336 e. The van der Waals surface area contributed by atoms with E-state index in [4.69, 9.17) is 9.15 Å². The minimum atomic E-state index is -1.08. The molecular formula is C24H20BrNO6. The molecule has 8 heteroatoms. The number of hydrogen-bond acceptors (Lipinski definition) is 6. The van der Waals surface area contributed by atoms with Crippen LogP contribution in [-0.2, 0) is 16.1 Å². The van der Waals surface area contributed by atoms with Crippen LogP contribution in [0.2, 0.25) is 0 Å². The molecule has 1 aliphatic rings. The zero-order valence-corrected chi connectivity index (χ0v) is 19.0. The summed E-state index contributed by atoms with van der Waals surface area (Å²) in [5.41, 5.74) is 0.811.